The van der Waals surface area contributed by atoms with Gasteiger partial charge < -0.3 is 14.7 Å². The van der Waals surface area contributed by atoms with Gasteiger partial charge in [0.1, 0.15) is 10.9 Å². The molecule has 1 aliphatic heterocycles. The number of unbranched alkanes of at least 4 members (excludes halogenated alkanes) is 1. The quantitative estimate of drug-likeness (QED) is 0.202. The van der Waals surface area contributed by atoms with E-state index in [1.165, 1.54) is 0 Å². The minimum absolute atomic E-state index is 0.148. The number of hydrogen-bond donors (Lipinski definition) is 2. The number of aromatic nitrogens is 1. The number of carbonyl (C=O) groups excluding carboxylic acids is 1. The van der Waals surface area contributed by atoms with Crippen molar-refractivity contribution in [2.45, 2.75) is 88.4 Å². The number of pyridine rings is 1. The lowest BCUT2D eigenvalue weighted by Gasteiger charge is -2.45. The summed E-state index contributed by atoms with van der Waals surface area (Å²) in [6, 6.07) is 9.07. The van der Waals surface area contributed by atoms with Gasteiger partial charge in [0.15, 0.2) is 0 Å². The molecule has 2 aliphatic carbocycles. The number of allylic oxidation sites excluding steroid dienone is 2. The molecular formula is C35H46ClN3O5S. The number of benzene rings is 1. The Morgan fingerprint density at radius 1 is 1.29 bits per heavy atom. The van der Waals surface area contributed by atoms with E-state index >= 15 is 0 Å². The number of halogens is 1. The summed E-state index contributed by atoms with van der Waals surface area (Å²) in [6.45, 7) is 9.15. The van der Waals surface area contributed by atoms with Gasteiger partial charge in [0, 0.05) is 29.8 Å². The van der Waals surface area contributed by atoms with Gasteiger partial charge in [-0.15, -0.1) is 6.58 Å². The second kappa shape index (κ2) is 14.3. The van der Waals surface area contributed by atoms with Crippen LogP contribution in [0.4, 0.5) is 5.69 Å². The lowest BCUT2D eigenvalue weighted by atomic mass is 9.69. The summed E-state index contributed by atoms with van der Waals surface area (Å²) in [5.74, 6) is 0.389. The van der Waals surface area contributed by atoms with Crippen molar-refractivity contribution in [1.82, 2.24) is 9.71 Å². The first kappa shape index (κ1) is 33.5. The molecule has 0 saturated heterocycles. The van der Waals surface area contributed by atoms with Crippen molar-refractivity contribution in [3.05, 3.63) is 77.1 Å². The Morgan fingerprint density at radius 3 is 2.84 bits per heavy atom. The maximum absolute atomic E-state index is 13.3. The van der Waals surface area contributed by atoms with Gasteiger partial charge >= 0.3 is 0 Å². The minimum atomic E-state index is -3.87. The second-order valence-corrected chi connectivity index (χ2v) is 15.5. The van der Waals surface area contributed by atoms with Crippen LogP contribution in [0.1, 0.15) is 86.8 Å². The van der Waals surface area contributed by atoms with Gasteiger partial charge in [0.05, 0.1) is 23.6 Å². The molecule has 1 saturated carbocycles. The predicted octanol–water partition coefficient (Wildman–Crippen LogP) is 6.37. The molecule has 3 aliphatic rings. The summed E-state index contributed by atoms with van der Waals surface area (Å²) in [5, 5.41) is 10.7. The van der Waals surface area contributed by atoms with Crippen molar-refractivity contribution in [2.75, 3.05) is 24.6 Å². The maximum Gasteiger partial charge on any atom is 0.264 e. The van der Waals surface area contributed by atoms with Crippen molar-refractivity contribution in [3.63, 3.8) is 0 Å². The van der Waals surface area contributed by atoms with Crippen molar-refractivity contribution in [3.8, 4) is 5.75 Å². The zero-order valence-electron chi connectivity index (χ0n) is 26.4. The van der Waals surface area contributed by atoms with Gasteiger partial charge in [-0.1, -0.05) is 49.2 Å². The van der Waals surface area contributed by atoms with Crippen LogP contribution < -0.4 is 14.4 Å². The Labute approximate surface area is 273 Å². The molecule has 2 aromatic rings. The number of aliphatic hydroxyl groups is 1. The number of nitrogens with zero attached hydrogens (tertiary/aromatic N) is 2. The molecule has 1 aromatic carbocycles. The highest BCUT2D eigenvalue weighted by Gasteiger charge is 2.44. The molecule has 244 valence electrons. The molecule has 5 atom stereocenters. The van der Waals surface area contributed by atoms with Crippen molar-refractivity contribution in [2.24, 2.45) is 11.8 Å². The molecule has 10 heteroatoms. The number of carbonyl (C=O) groups is 1. The first-order chi connectivity index (χ1) is 21.6. The van der Waals surface area contributed by atoms with E-state index in [2.05, 4.69) is 40.3 Å². The molecule has 1 fully saturated rings. The Morgan fingerprint density at radius 2 is 2.11 bits per heavy atom. The smallest absolute Gasteiger partial charge is 0.264 e. The van der Waals surface area contributed by atoms with Gasteiger partial charge in [-0.25, -0.2) is 18.1 Å². The molecule has 0 radical (unpaired) electrons. The van der Waals surface area contributed by atoms with E-state index in [1.54, 1.807) is 31.2 Å². The number of anilines is 1. The third-order valence-electron chi connectivity index (χ3n) is 9.84. The zero-order valence-corrected chi connectivity index (χ0v) is 28.0. The van der Waals surface area contributed by atoms with Gasteiger partial charge in [-0.3, -0.25) is 4.79 Å². The zero-order chi connectivity index (χ0) is 32.2. The first-order valence-corrected chi connectivity index (χ1v) is 18.2. The third kappa shape index (κ3) is 7.42. The summed E-state index contributed by atoms with van der Waals surface area (Å²) in [7, 11) is -3.87. The number of sulfonamides is 1. The molecular weight excluding hydrogens is 610 g/mol. The number of fused-ring (bicyclic) bond motifs is 3. The normalized spacial score (nSPS) is 24.1. The van der Waals surface area contributed by atoms with E-state index in [9.17, 15) is 18.3 Å². The standard InChI is InChI=1S/C35H46ClN3O5S/c1-4-6-8-12-31(40)27-15-13-26(27)21-39-22-35(19-9-11-29-28(35)16-18-33(36)37-29)23-44-32-17-14-25(20-30(32)39)34(41)38-45(42,43)24(3)10-7-5-2/h5,8,12,14,16-18,20,24,26-27,31,40H,2,4,6-7,9-11,13,15,19,21-23H2,1,3H3,(H,38,41)/b12-8+/t24-,26+,27-,31+,35+/m1/s1. The second-order valence-electron chi connectivity index (χ2n) is 13.0. The number of nitrogens with one attached hydrogen (secondary N) is 1. The number of aliphatic hydroxyl groups excluding tert-OH is 1. The van der Waals surface area contributed by atoms with Crippen LogP contribution in [0.15, 0.2) is 55.1 Å². The summed E-state index contributed by atoms with van der Waals surface area (Å²) in [6.07, 6.45) is 12.8. The van der Waals surface area contributed by atoms with Crippen LogP contribution in [0.5, 0.6) is 5.75 Å². The molecule has 45 heavy (non-hydrogen) atoms. The molecule has 5 rings (SSSR count). The van der Waals surface area contributed by atoms with E-state index in [0.29, 0.717) is 43.4 Å². The summed E-state index contributed by atoms with van der Waals surface area (Å²) >= 11 is 6.29. The van der Waals surface area contributed by atoms with E-state index in [0.717, 1.165) is 61.9 Å². The van der Waals surface area contributed by atoms with Crippen LogP contribution in [-0.4, -0.2) is 55.5 Å². The fourth-order valence-electron chi connectivity index (χ4n) is 6.99. The van der Waals surface area contributed by atoms with Crippen LogP contribution >= 0.6 is 11.6 Å². The first-order valence-electron chi connectivity index (χ1n) is 16.3. The topological polar surface area (TPSA) is 109 Å². The van der Waals surface area contributed by atoms with Gasteiger partial charge in [0.25, 0.3) is 5.91 Å². The number of amides is 1. The number of hydrogen-bond acceptors (Lipinski definition) is 7. The fraction of sp³-hybridized carbons (Fsp3) is 0.543. The van der Waals surface area contributed by atoms with Crippen molar-refractivity contribution < 1.29 is 23.1 Å². The molecule has 1 spiro atoms. The predicted molar refractivity (Wildman–Crippen MR) is 180 cm³/mol. The molecule has 1 aromatic heterocycles. The maximum atomic E-state index is 13.3. The van der Waals surface area contributed by atoms with Crippen LogP contribution in [0.25, 0.3) is 0 Å². The average Bonchev–Trinajstić information content (AvgIpc) is 3.14. The van der Waals surface area contributed by atoms with Gasteiger partial charge in [-0.05, 0) is 100.0 Å². The van der Waals surface area contributed by atoms with E-state index in [4.69, 9.17) is 16.3 Å². The van der Waals surface area contributed by atoms with Gasteiger partial charge in [0.2, 0.25) is 10.0 Å². The van der Waals surface area contributed by atoms with Gasteiger partial charge in [-0.2, -0.15) is 0 Å². The number of aryl methyl sites for hydroxylation is 1. The van der Waals surface area contributed by atoms with Crippen molar-refractivity contribution >= 4 is 33.2 Å². The highest BCUT2D eigenvalue weighted by Crippen LogP contribution is 2.46. The van der Waals surface area contributed by atoms with Crippen LogP contribution in [0.2, 0.25) is 5.15 Å². The fourth-order valence-corrected chi connectivity index (χ4v) is 8.18. The van der Waals surface area contributed by atoms with Crippen LogP contribution in [-0.2, 0) is 21.9 Å². The summed E-state index contributed by atoms with van der Waals surface area (Å²) in [4.78, 5) is 20.3. The Bertz CT molecular complexity index is 1530. The van der Waals surface area contributed by atoms with Crippen LogP contribution in [0, 0.1) is 11.8 Å². The Hall–Kier alpha value is -2.88. The SMILES string of the molecule is C=CCC[C@@H](C)S(=O)(=O)NC(=O)c1ccc2c(c1)N(C[C@@H]1CC[C@H]1[C@@H](O)/C=C/CCC)C[C@@]1(CCCc3nc(Cl)ccc31)CO2. The Kier molecular flexibility index (Phi) is 10.6. The highest BCUT2D eigenvalue weighted by molar-refractivity contribution is 7.90. The lowest BCUT2D eigenvalue weighted by molar-refractivity contribution is 0.0456. The van der Waals surface area contributed by atoms with Crippen LogP contribution in [0.3, 0.4) is 0 Å². The number of rotatable bonds is 12. The molecule has 1 amide bonds. The number of ether oxygens (including phenoxy) is 1. The third-order valence-corrected chi connectivity index (χ3v) is 11.8. The van der Waals surface area contributed by atoms with E-state index in [-0.39, 0.29) is 22.8 Å². The van der Waals surface area contributed by atoms with Crippen molar-refractivity contribution in [1.29, 1.82) is 0 Å². The van der Waals surface area contributed by atoms with E-state index < -0.39 is 27.3 Å². The molecule has 0 unspecified atom stereocenters. The monoisotopic (exact) mass is 655 g/mol. The molecule has 2 N–H and O–H groups in total. The average molecular weight is 656 g/mol. The van der Waals surface area contributed by atoms with E-state index in [1.807, 2.05) is 12.1 Å². The molecule has 8 nitrogen and oxygen atoms in total. The summed E-state index contributed by atoms with van der Waals surface area (Å²) in [5.41, 5.74) is 2.81. The molecule has 0 bridgehead atoms. The largest absolute Gasteiger partial charge is 0.490 e. The molecule has 2 heterocycles. The highest BCUT2D eigenvalue weighted by atomic mass is 35.5. The summed E-state index contributed by atoms with van der Waals surface area (Å²) < 4.78 is 34.6. The Balaban J connectivity index is 1.47. The lowest BCUT2D eigenvalue weighted by Crippen LogP contribution is -2.49. The minimum Gasteiger partial charge on any atom is -0.490 e.